The monoisotopic (exact) mass is 121 g/mol. The Morgan fingerprint density at radius 3 is 1.78 bits per heavy atom. The SMILES string of the molecule is [CH]1CCC=CC=CCC1. The van der Waals surface area contributed by atoms with Gasteiger partial charge in [0.2, 0.25) is 0 Å². The molecule has 1 aliphatic carbocycles. The quantitative estimate of drug-likeness (QED) is 0.462. The molecule has 0 aromatic heterocycles. The molecule has 0 nitrogen and oxygen atoms in total. The van der Waals surface area contributed by atoms with E-state index in [9.17, 15) is 0 Å². The largest absolute Gasteiger partial charge is 0.0845 e. The molecule has 0 fully saturated rings. The number of allylic oxidation sites excluding steroid dienone is 4. The zero-order valence-electron chi connectivity index (χ0n) is 5.72. The number of hydrogen-bond donors (Lipinski definition) is 0. The summed E-state index contributed by atoms with van der Waals surface area (Å²) in [6.45, 7) is 0. The molecule has 1 rings (SSSR count). The van der Waals surface area contributed by atoms with E-state index in [1.807, 2.05) is 0 Å². The molecule has 1 aliphatic rings. The molecule has 0 amide bonds. The van der Waals surface area contributed by atoms with Crippen LogP contribution in [0, 0.1) is 6.42 Å². The average molecular weight is 121 g/mol. The van der Waals surface area contributed by atoms with Crippen molar-refractivity contribution in [3.63, 3.8) is 0 Å². The lowest BCUT2D eigenvalue weighted by molar-refractivity contribution is 0.861. The van der Waals surface area contributed by atoms with Gasteiger partial charge in [0, 0.05) is 0 Å². The Balaban J connectivity index is 2.28. The van der Waals surface area contributed by atoms with Crippen LogP contribution in [0.5, 0.6) is 0 Å². The Labute approximate surface area is 57.3 Å². The highest BCUT2D eigenvalue weighted by Gasteiger charge is 1.86. The van der Waals surface area contributed by atoms with Crippen LogP contribution in [0.2, 0.25) is 0 Å². The third kappa shape index (κ3) is 3.12. The van der Waals surface area contributed by atoms with Gasteiger partial charge >= 0.3 is 0 Å². The minimum Gasteiger partial charge on any atom is -0.0845 e. The van der Waals surface area contributed by atoms with Crippen molar-refractivity contribution in [1.82, 2.24) is 0 Å². The number of hydrogen-bond acceptors (Lipinski definition) is 0. The van der Waals surface area contributed by atoms with E-state index in [1.165, 1.54) is 25.7 Å². The molecule has 0 unspecified atom stereocenters. The van der Waals surface area contributed by atoms with E-state index in [0.717, 1.165) is 0 Å². The zero-order chi connectivity index (χ0) is 6.36. The first-order valence-corrected chi connectivity index (χ1v) is 3.63. The molecule has 0 spiro atoms. The lowest BCUT2D eigenvalue weighted by Gasteiger charge is -1.91. The van der Waals surface area contributed by atoms with Gasteiger partial charge in [0.05, 0.1) is 0 Å². The van der Waals surface area contributed by atoms with Gasteiger partial charge in [-0.1, -0.05) is 24.3 Å². The summed E-state index contributed by atoms with van der Waals surface area (Å²) in [7, 11) is 0. The van der Waals surface area contributed by atoms with Gasteiger partial charge in [-0.3, -0.25) is 0 Å². The average Bonchev–Trinajstić information content (AvgIpc) is 2.00. The molecular formula is C9H13. The van der Waals surface area contributed by atoms with Crippen molar-refractivity contribution in [1.29, 1.82) is 0 Å². The fourth-order valence-electron chi connectivity index (χ4n) is 0.922. The van der Waals surface area contributed by atoms with Crippen LogP contribution < -0.4 is 0 Å². The summed E-state index contributed by atoms with van der Waals surface area (Å²) in [5, 5.41) is 0. The molecule has 49 valence electrons. The Hall–Kier alpha value is -0.520. The summed E-state index contributed by atoms with van der Waals surface area (Å²) in [6, 6.07) is 0. The van der Waals surface area contributed by atoms with E-state index in [-0.39, 0.29) is 0 Å². The molecule has 0 saturated heterocycles. The molecule has 0 N–H and O–H groups in total. The normalized spacial score (nSPS) is 20.4. The van der Waals surface area contributed by atoms with Crippen molar-refractivity contribution in [2.75, 3.05) is 0 Å². The third-order valence-electron chi connectivity index (χ3n) is 1.46. The predicted molar refractivity (Wildman–Crippen MR) is 41.0 cm³/mol. The molecule has 0 heteroatoms. The maximum Gasteiger partial charge on any atom is -0.0345 e. The second-order valence-corrected chi connectivity index (χ2v) is 2.30. The molecular weight excluding hydrogens is 108 g/mol. The first-order valence-electron chi connectivity index (χ1n) is 3.63. The van der Waals surface area contributed by atoms with E-state index in [2.05, 4.69) is 30.7 Å². The van der Waals surface area contributed by atoms with E-state index in [0.29, 0.717) is 0 Å². The van der Waals surface area contributed by atoms with Gasteiger partial charge < -0.3 is 0 Å². The van der Waals surface area contributed by atoms with Crippen LogP contribution in [0.15, 0.2) is 24.3 Å². The van der Waals surface area contributed by atoms with E-state index < -0.39 is 0 Å². The highest BCUT2D eigenvalue weighted by Crippen LogP contribution is 2.05. The summed E-state index contributed by atoms with van der Waals surface area (Å²) < 4.78 is 0. The fourth-order valence-corrected chi connectivity index (χ4v) is 0.922. The predicted octanol–water partition coefficient (Wildman–Crippen LogP) is 2.88. The first-order chi connectivity index (χ1) is 4.50. The van der Waals surface area contributed by atoms with Gasteiger partial charge in [-0.25, -0.2) is 0 Å². The zero-order valence-corrected chi connectivity index (χ0v) is 5.72. The first kappa shape index (κ1) is 6.60. The molecule has 1 radical (unpaired) electrons. The molecule has 0 aromatic rings. The van der Waals surface area contributed by atoms with Crippen LogP contribution in [0.1, 0.15) is 25.7 Å². The van der Waals surface area contributed by atoms with Gasteiger partial charge in [0.25, 0.3) is 0 Å². The summed E-state index contributed by atoms with van der Waals surface area (Å²) in [6.07, 6.45) is 16.0. The summed E-state index contributed by atoms with van der Waals surface area (Å²) in [5.41, 5.74) is 0. The number of rotatable bonds is 0. The molecule has 0 saturated carbocycles. The summed E-state index contributed by atoms with van der Waals surface area (Å²) in [4.78, 5) is 0. The molecule has 0 aromatic carbocycles. The van der Waals surface area contributed by atoms with Gasteiger partial charge in [-0.2, -0.15) is 0 Å². The van der Waals surface area contributed by atoms with Crippen molar-refractivity contribution >= 4 is 0 Å². The lowest BCUT2D eigenvalue weighted by Crippen LogP contribution is -1.73. The highest BCUT2D eigenvalue weighted by molar-refractivity contribution is 5.03. The highest BCUT2D eigenvalue weighted by atomic mass is 13.9. The topological polar surface area (TPSA) is 0 Å². The van der Waals surface area contributed by atoms with Crippen LogP contribution in [-0.2, 0) is 0 Å². The summed E-state index contributed by atoms with van der Waals surface area (Å²) in [5.74, 6) is 0. The molecule has 0 aliphatic heterocycles. The van der Waals surface area contributed by atoms with Crippen molar-refractivity contribution in [3.8, 4) is 0 Å². The van der Waals surface area contributed by atoms with Crippen molar-refractivity contribution in [2.24, 2.45) is 0 Å². The van der Waals surface area contributed by atoms with Crippen LogP contribution in [0.4, 0.5) is 0 Å². The van der Waals surface area contributed by atoms with Gasteiger partial charge in [-0.15, -0.1) is 0 Å². The smallest absolute Gasteiger partial charge is 0.0345 e. The fraction of sp³-hybridized carbons (Fsp3) is 0.444. The molecule has 0 heterocycles. The van der Waals surface area contributed by atoms with Crippen LogP contribution in [0.25, 0.3) is 0 Å². The second-order valence-electron chi connectivity index (χ2n) is 2.30. The van der Waals surface area contributed by atoms with Crippen molar-refractivity contribution in [2.45, 2.75) is 25.7 Å². The van der Waals surface area contributed by atoms with E-state index in [4.69, 9.17) is 0 Å². The minimum atomic E-state index is 1.21. The van der Waals surface area contributed by atoms with E-state index in [1.54, 1.807) is 0 Å². The Bertz CT molecular complexity index is 95.2. The van der Waals surface area contributed by atoms with Crippen LogP contribution in [-0.4, -0.2) is 0 Å². The maximum atomic E-state index is 2.36. The van der Waals surface area contributed by atoms with Crippen molar-refractivity contribution in [3.05, 3.63) is 30.7 Å². The lowest BCUT2D eigenvalue weighted by atomic mass is 10.1. The van der Waals surface area contributed by atoms with Crippen LogP contribution >= 0.6 is 0 Å². The Morgan fingerprint density at radius 2 is 1.22 bits per heavy atom. The van der Waals surface area contributed by atoms with Gasteiger partial charge in [0.15, 0.2) is 0 Å². The van der Waals surface area contributed by atoms with Crippen molar-refractivity contribution < 1.29 is 0 Å². The minimum absolute atomic E-state index is 1.21. The van der Waals surface area contributed by atoms with Gasteiger partial charge in [-0.05, 0) is 32.1 Å². The summed E-state index contributed by atoms with van der Waals surface area (Å²) >= 11 is 0. The second kappa shape index (κ2) is 4.37. The molecule has 9 heavy (non-hydrogen) atoms. The standard InChI is InChI=1S/C9H13/c1-2-4-6-8-9-7-5-3-1/h1-4,9H,5-8H2. The maximum absolute atomic E-state index is 2.36. The Kier molecular flexibility index (Phi) is 3.20. The third-order valence-corrected chi connectivity index (χ3v) is 1.46. The Morgan fingerprint density at radius 1 is 0.667 bits per heavy atom. The van der Waals surface area contributed by atoms with Crippen LogP contribution in [0.3, 0.4) is 0 Å². The molecule has 0 atom stereocenters. The van der Waals surface area contributed by atoms with Gasteiger partial charge in [0.1, 0.15) is 0 Å². The molecule has 0 bridgehead atoms. The van der Waals surface area contributed by atoms with E-state index >= 15 is 0 Å².